The fraction of sp³-hybridized carbons (Fsp3) is 0.667. The average Bonchev–Trinajstić information content (AvgIpc) is 2.58. The maximum Gasteiger partial charge on any atom is 0.317 e. The standard InChI is InChI=1S/C18H28N4O2/c1-21(2)17(23)20-15-6-12-24-18(13-15)7-10-22(11-8-18)14-16-5-3-4-9-19-16/h3-5,9,15H,6-8,10-14H2,1-2H3,(H,20,23)/t15-/m1/s1. The molecule has 0 bridgehead atoms. The second-order valence-corrected chi connectivity index (χ2v) is 7.16. The maximum absolute atomic E-state index is 11.9. The van der Waals surface area contributed by atoms with Crippen LogP contribution in [0.15, 0.2) is 24.4 Å². The number of carbonyl (C=O) groups is 1. The van der Waals surface area contributed by atoms with Crippen LogP contribution >= 0.6 is 0 Å². The number of amides is 2. The molecule has 2 amide bonds. The van der Waals surface area contributed by atoms with Gasteiger partial charge in [0.2, 0.25) is 0 Å². The Labute approximate surface area is 144 Å². The number of nitrogens with zero attached hydrogens (tertiary/aromatic N) is 3. The molecule has 2 aliphatic rings. The molecule has 132 valence electrons. The minimum Gasteiger partial charge on any atom is -0.375 e. The van der Waals surface area contributed by atoms with E-state index in [-0.39, 0.29) is 17.7 Å². The van der Waals surface area contributed by atoms with Crippen LogP contribution in [-0.4, -0.2) is 66.2 Å². The molecule has 0 saturated carbocycles. The molecule has 2 fully saturated rings. The molecule has 0 unspecified atom stereocenters. The summed E-state index contributed by atoms with van der Waals surface area (Å²) >= 11 is 0. The molecule has 2 saturated heterocycles. The van der Waals surface area contributed by atoms with Gasteiger partial charge < -0.3 is 15.0 Å². The van der Waals surface area contributed by atoms with Crippen molar-refractivity contribution in [3.05, 3.63) is 30.1 Å². The minimum absolute atomic E-state index is 0.00959. The van der Waals surface area contributed by atoms with Gasteiger partial charge in [0, 0.05) is 52.6 Å². The van der Waals surface area contributed by atoms with Gasteiger partial charge in [0.15, 0.2) is 0 Å². The van der Waals surface area contributed by atoms with Crippen LogP contribution in [0.1, 0.15) is 31.4 Å². The molecule has 6 nitrogen and oxygen atoms in total. The molecular weight excluding hydrogens is 304 g/mol. The monoisotopic (exact) mass is 332 g/mol. The van der Waals surface area contributed by atoms with Gasteiger partial charge in [-0.3, -0.25) is 9.88 Å². The number of hydrogen-bond donors (Lipinski definition) is 1. The Kier molecular flexibility index (Phi) is 5.36. The number of pyridine rings is 1. The Morgan fingerprint density at radius 2 is 2.21 bits per heavy atom. The van der Waals surface area contributed by atoms with Crippen molar-refractivity contribution in [1.29, 1.82) is 0 Å². The number of ether oxygens (including phenoxy) is 1. The molecule has 24 heavy (non-hydrogen) atoms. The van der Waals surface area contributed by atoms with E-state index in [9.17, 15) is 4.79 Å². The molecule has 3 heterocycles. The van der Waals surface area contributed by atoms with E-state index >= 15 is 0 Å². The third-order valence-electron chi connectivity index (χ3n) is 5.11. The van der Waals surface area contributed by atoms with Crippen LogP contribution in [0.25, 0.3) is 0 Å². The maximum atomic E-state index is 11.9. The first-order valence-corrected chi connectivity index (χ1v) is 8.80. The third-order valence-corrected chi connectivity index (χ3v) is 5.11. The summed E-state index contributed by atoms with van der Waals surface area (Å²) in [7, 11) is 3.56. The summed E-state index contributed by atoms with van der Waals surface area (Å²) in [4.78, 5) is 20.3. The number of rotatable bonds is 3. The number of urea groups is 1. The second-order valence-electron chi connectivity index (χ2n) is 7.16. The van der Waals surface area contributed by atoms with E-state index in [0.717, 1.165) is 57.6 Å². The largest absolute Gasteiger partial charge is 0.375 e. The smallest absolute Gasteiger partial charge is 0.317 e. The highest BCUT2D eigenvalue weighted by atomic mass is 16.5. The zero-order chi connectivity index (χ0) is 17.0. The molecule has 1 aromatic heterocycles. The lowest BCUT2D eigenvalue weighted by Crippen LogP contribution is -2.54. The Hall–Kier alpha value is -1.66. The third kappa shape index (κ3) is 4.24. The quantitative estimate of drug-likeness (QED) is 0.918. The fourth-order valence-electron chi connectivity index (χ4n) is 3.64. The number of carbonyl (C=O) groups excluding carboxylic acids is 1. The van der Waals surface area contributed by atoms with Crippen molar-refractivity contribution in [2.75, 3.05) is 33.8 Å². The predicted molar refractivity (Wildman–Crippen MR) is 92.7 cm³/mol. The van der Waals surface area contributed by atoms with E-state index in [4.69, 9.17) is 4.74 Å². The van der Waals surface area contributed by atoms with Crippen LogP contribution in [0, 0.1) is 0 Å². The molecule has 3 rings (SSSR count). The summed E-state index contributed by atoms with van der Waals surface area (Å²) in [5, 5.41) is 3.12. The van der Waals surface area contributed by atoms with Gasteiger partial charge in [0.25, 0.3) is 0 Å². The van der Waals surface area contributed by atoms with Crippen molar-refractivity contribution in [2.24, 2.45) is 0 Å². The van der Waals surface area contributed by atoms with E-state index in [1.54, 1.807) is 19.0 Å². The van der Waals surface area contributed by atoms with E-state index in [1.807, 2.05) is 18.3 Å². The van der Waals surface area contributed by atoms with E-state index in [2.05, 4.69) is 21.3 Å². The number of hydrogen-bond acceptors (Lipinski definition) is 4. The summed E-state index contributed by atoms with van der Waals surface area (Å²) in [6, 6.07) is 6.28. The number of likely N-dealkylation sites (tertiary alicyclic amines) is 1. The first-order chi connectivity index (χ1) is 11.6. The van der Waals surface area contributed by atoms with Crippen LogP contribution in [-0.2, 0) is 11.3 Å². The SMILES string of the molecule is CN(C)C(=O)N[C@@H]1CCOC2(CCN(Cc3ccccn3)CC2)C1. The van der Waals surface area contributed by atoms with Crippen LogP contribution in [0.4, 0.5) is 4.79 Å². The highest BCUT2D eigenvalue weighted by Crippen LogP contribution is 2.35. The summed E-state index contributed by atoms with van der Waals surface area (Å²) in [6.07, 6.45) is 5.72. The van der Waals surface area contributed by atoms with Gasteiger partial charge in [-0.15, -0.1) is 0 Å². The second kappa shape index (κ2) is 7.49. The lowest BCUT2D eigenvalue weighted by molar-refractivity contribution is -0.119. The first-order valence-electron chi connectivity index (χ1n) is 8.80. The van der Waals surface area contributed by atoms with Gasteiger partial charge in [0.05, 0.1) is 11.3 Å². The Balaban J connectivity index is 1.51. The normalized spacial score (nSPS) is 23.8. The van der Waals surface area contributed by atoms with Crippen molar-refractivity contribution >= 4 is 6.03 Å². The molecule has 0 aromatic carbocycles. The lowest BCUT2D eigenvalue weighted by atomic mass is 9.82. The molecule has 1 atom stereocenters. The Morgan fingerprint density at radius 3 is 2.88 bits per heavy atom. The zero-order valence-corrected chi connectivity index (χ0v) is 14.7. The number of aromatic nitrogens is 1. The van der Waals surface area contributed by atoms with E-state index in [1.165, 1.54) is 0 Å². The summed E-state index contributed by atoms with van der Waals surface area (Å²) in [5.74, 6) is 0. The van der Waals surface area contributed by atoms with Crippen LogP contribution < -0.4 is 5.32 Å². The summed E-state index contributed by atoms with van der Waals surface area (Å²) in [6.45, 7) is 3.67. The molecule has 2 aliphatic heterocycles. The van der Waals surface area contributed by atoms with Crippen molar-refractivity contribution in [1.82, 2.24) is 20.1 Å². The van der Waals surface area contributed by atoms with Crippen molar-refractivity contribution in [3.8, 4) is 0 Å². The molecular formula is C18H28N4O2. The average molecular weight is 332 g/mol. The molecule has 0 aliphatic carbocycles. The topological polar surface area (TPSA) is 57.7 Å². The predicted octanol–water partition coefficient (Wildman–Crippen LogP) is 1.87. The van der Waals surface area contributed by atoms with Gasteiger partial charge >= 0.3 is 6.03 Å². The first kappa shape index (κ1) is 17.2. The van der Waals surface area contributed by atoms with E-state index in [0.29, 0.717) is 0 Å². The molecule has 1 N–H and O–H groups in total. The number of nitrogens with one attached hydrogen (secondary N) is 1. The summed E-state index contributed by atoms with van der Waals surface area (Å²) < 4.78 is 6.17. The van der Waals surface area contributed by atoms with Crippen molar-refractivity contribution in [3.63, 3.8) is 0 Å². The van der Waals surface area contributed by atoms with Crippen LogP contribution in [0.3, 0.4) is 0 Å². The van der Waals surface area contributed by atoms with Crippen LogP contribution in [0.2, 0.25) is 0 Å². The van der Waals surface area contributed by atoms with E-state index < -0.39 is 0 Å². The van der Waals surface area contributed by atoms with Crippen molar-refractivity contribution in [2.45, 2.75) is 43.9 Å². The molecule has 0 radical (unpaired) electrons. The molecule has 1 aromatic rings. The molecule has 6 heteroatoms. The van der Waals surface area contributed by atoms with Crippen molar-refractivity contribution < 1.29 is 9.53 Å². The molecule has 1 spiro atoms. The Morgan fingerprint density at radius 1 is 1.42 bits per heavy atom. The van der Waals surface area contributed by atoms with Gasteiger partial charge in [-0.1, -0.05) is 6.07 Å². The lowest BCUT2D eigenvalue weighted by Gasteiger charge is -2.46. The van der Waals surface area contributed by atoms with Gasteiger partial charge in [-0.2, -0.15) is 0 Å². The highest BCUT2D eigenvalue weighted by molar-refractivity contribution is 5.73. The fourth-order valence-corrected chi connectivity index (χ4v) is 3.64. The number of piperidine rings is 1. The van der Waals surface area contributed by atoms with Gasteiger partial charge in [-0.25, -0.2) is 4.79 Å². The van der Waals surface area contributed by atoms with Gasteiger partial charge in [-0.05, 0) is 37.8 Å². The van der Waals surface area contributed by atoms with Gasteiger partial charge in [0.1, 0.15) is 0 Å². The summed E-state index contributed by atoms with van der Waals surface area (Å²) in [5.41, 5.74) is 1.05. The highest BCUT2D eigenvalue weighted by Gasteiger charge is 2.40. The minimum atomic E-state index is -0.0663. The Bertz CT molecular complexity index is 541. The van der Waals surface area contributed by atoms with Crippen LogP contribution in [0.5, 0.6) is 0 Å². The zero-order valence-electron chi connectivity index (χ0n) is 14.7.